The fourth-order valence-electron chi connectivity index (χ4n) is 3.03. The van der Waals surface area contributed by atoms with Crippen LogP contribution in [0.15, 0.2) is 18.2 Å². The van der Waals surface area contributed by atoms with Gasteiger partial charge in [-0.15, -0.1) is 0 Å². The first-order valence-corrected chi connectivity index (χ1v) is 7.70. The highest BCUT2D eigenvalue weighted by molar-refractivity contribution is 5.79. The molecule has 1 amide bonds. The molecule has 126 valence electrons. The van der Waals surface area contributed by atoms with E-state index in [1.807, 2.05) is 12.1 Å². The van der Waals surface area contributed by atoms with Gasteiger partial charge < -0.3 is 19.5 Å². The predicted molar refractivity (Wildman–Crippen MR) is 84.8 cm³/mol. The molecule has 0 spiro atoms. The Hall–Kier alpha value is -2.24. The van der Waals surface area contributed by atoms with Crippen LogP contribution in [0.3, 0.4) is 0 Å². The summed E-state index contributed by atoms with van der Waals surface area (Å²) in [5, 5.41) is 9.14. The van der Waals surface area contributed by atoms with Gasteiger partial charge in [0.2, 0.25) is 5.91 Å². The zero-order valence-electron chi connectivity index (χ0n) is 13.7. The minimum absolute atomic E-state index is 0.0111. The van der Waals surface area contributed by atoms with Crippen molar-refractivity contribution >= 4 is 11.9 Å². The zero-order chi connectivity index (χ0) is 17.0. The van der Waals surface area contributed by atoms with Gasteiger partial charge in [-0.1, -0.05) is 0 Å². The molecular formula is C17H23NO5. The van der Waals surface area contributed by atoms with Crippen molar-refractivity contribution in [3.63, 3.8) is 0 Å². The van der Waals surface area contributed by atoms with Crippen LogP contribution in [0.5, 0.6) is 11.5 Å². The number of carboxylic acids is 1. The molecule has 1 aromatic rings. The van der Waals surface area contributed by atoms with Gasteiger partial charge in [-0.2, -0.15) is 0 Å². The molecule has 0 aromatic heterocycles. The molecular weight excluding hydrogens is 298 g/mol. The van der Waals surface area contributed by atoms with Crippen molar-refractivity contribution in [2.75, 3.05) is 20.8 Å². The first-order chi connectivity index (χ1) is 11.0. The van der Waals surface area contributed by atoms with Gasteiger partial charge in [-0.25, -0.2) is 0 Å². The van der Waals surface area contributed by atoms with Crippen LogP contribution >= 0.6 is 0 Å². The van der Waals surface area contributed by atoms with Crippen LogP contribution in [-0.2, 0) is 16.0 Å². The lowest BCUT2D eigenvalue weighted by Gasteiger charge is -2.23. The highest BCUT2D eigenvalue weighted by atomic mass is 16.5. The second-order valence-corrected chi connectivity index (χ2v) is 5.78. The molecule has 2 rings (SSSR count). The third-order valence-electron chi connectivity index (χ3n) is 4.43. The summed E-state index contributed by atoms with van der Waals surface area (Å²) >= 11 is 0. The number of nitrogens with zero attached hydrogens (tertiary/aromatic N) is 1. The fraction of sp³-hybridized carbons (Fsp3) is 0.529. The van der Waals surface area contributed by atoms with Crippen molar-refractivity contribution in [2.45, 2.75) is 32.2 Å². The normalized spacial score (nSPS) is 20.4. The van der Waals surface area contributed by atoms with Crippen molar-refractivity contribution in [3.05, 3.63) is 23.8 Å². The summed E-state index contributed by atoms with van der Waals surface area (Å²) in [6.07, 6.45) is 1.43. The van der Waals surface area contributed by atoms with Gasteiger partial charge in [0.25, 0.3) is 0 Å². The SMILES string of the molecule is COc1cc(CCC(=O)N2CCC(C(=O)O)C2C)cc(OC)c1. The summed E-state index contributed by atoms with van der Waals surface area (Å²) in [6, 6.07) is 5.29. The molecule has 1 aliphatic heterocycles. The second-order valence-electron chi connectivity index (χ2n) is 5.78. The van der Waals surface area contributed by atoms with Crippen LogP contribution in [0.1, 0.15) is 25.3 Å². The third-order valence-corrected chi connectivity index (χ3v) is 4.43. The topological polar surface area (TPSA) is 76.1 Å². The zero-order valence-corrected chi connectivity index (χ0v) is 13.7. The Morgan fingerprint density at radius 2 is 1.83 bits per heavy atom. The Morgan fingerprint density at radius 1 is 1.22 bits per heavy atom. The lowest BCUT2D eigenvalue weighted by Crippen LogP contribution is -2.37. The number of likely N-dealkylation sites (tertiary alicyclic amines) is 1. The maximum atomic E-state index is 12.4. The third kappa shape index (κ3) is 3.94. The molecule has 6 nitrogen and oxygen atoms in total. The molecule has 1 fully saturated rings. The smallest absolute Gasteiger partial charge is 0.308 e. The van der Waals surface area contributed by atoms with Crippen LogP contribution in [0.2, 0.25) is 0 Å². The molecule has 2 unspecified atom stereocenters. The monoisotopic (exact) mass is 321 g/mol. The van der Waals surface area contributed by atoms with E-state index in [0.29, 0.717) is 37.3 Å². The van der Waals surface area contributed by atoms with Crippen molar-refractivity contribution in [1.82, 2.24) is 4.90 Å². The molecule has 0 bridgehead atoms. The van der Waals surface area contributed by atoms with Crippen LogP contribution in [0, 0.1) is 5.92 Å². The van der Waals surface area contributed by atoms with Gasteiger partial charge in [0, 0.05) is 25.1 Å². The molecule has 1 aromatic carbocycles. The molecule has 2 atom stereocenters. The van der Waals surface area contributed by atoms with Crippen molar-refractivity contribution in [3.8, 4) is 11.5 Å². The molecule has 1 heterocycles. The first kappa shape index (κ1) is 17.1. The summed E-state index contributed by atoms with van der Waals surface area (Å²) in [5.74, 6) is 0.0730. The van der Waals surface area contributed by atoms with E-state index in [1.54, 1.807) is 32.1 Å². The van der Waals surface area contributed by atoms with E-state index in [4.69, 9.17) is 14.6 Å². The van der Waals surface area contributed by atoms with E-state index in [0.717, 1.165) is 5.56 Å². The summed E-state index contributed by atoms with van der Waals surface area (Å²) in [4.78, 5) is 25.2. The van der Waals surface area contributed by atoms with Gasteiger partial charge in [-0.05, 0) is 37.5 Å². The summed E-state index contributed by atoms with van der Waals surface area (Å²) in [5.41, 5.74) is 0.955. The average molecular weight is 321 g/mol. The van der Waals surface area contributed by atoms with Gasteiger partial charge in [0.1, 0.15) is 11.5 Å². The van der Waals surface area contributed by atoms with Gasteiger partial charge >= 0.3 is 5.97 Å². The quantitative estimate of drug-likeness (QED) is 0.867. The Labute approximate surface area is 136 Å². The number of ether oxygens (including phenoxy) is 2. The molecule has 0 saturated carbocycles. The standard InChI is InChI=1S/C17H23NO5/c1-11-15(17(20)21)6-7-18(11)16(19)5-4-12-8-13(22-2)10-14(9-12)23-3/h8-11,15H,4-7H2,1-3H3,(H,20,21). The summed E-state index contributed by atoms with van der Waals surface area (Å²) < 4.78 is 10.4. The van der Waals surface area contributed by atoms with Gasteiger partial charge in [0.05, 0.1) is 20.1 Å². The number of carboxylic acid groups (broad SMARTS) is 1. The molecule has 23 heavy (non-hydrogen) atoms. The Balaban J connectivity index is 1.98. The predicted octanol–water partition coefficient (Wildman–Crippen LogP) is 1.96. The van der Waals surface area contributed by atoms with E-state index in [9.17, 15) is 9.59 Å². The van der Waals surface area contributed by atoms with Crippen LogP contribution < -0.4 is 9.47 Å². The number of hydrogen-bond acceptors (Lipinski definition) is 4. The van der Waals surface area contributed by atoms with Crippen molar-refractivity contribution in [2.24, 2.45) is 5.92 Å². The van der Waals surface area contributed by atoms with Gasteiger partial charge in [-0.3, -0.25) is 9.59 Å². The molecule has 0 aliphatic carbocycles. The first-order valence-electron chi connectivity index (χ1n) is 7.70. The highest BCUT2D eigenvalue weighted by Gasteiger charge is 2.37. The number of benzene rings is 1. The lowest BCUT2D eigenvalue weighted by molar-refractivity contribution is -0.143. The van der Waals surface area contributed by atoms with Crippen LogP contribution in [0.4, 0.5) is 0 Å². The Bertz CT molecular complexity index is 564. The number of carbonyl (C=O) groups excluding carboxylic acids is 1. The lowest BCUT2D eigenvalue weighted by atomic mass is 10.0. The molecule has 1 saturated heterocycles. The van der Waals surface area contributed by atoms with Gasteiger partial charge in [0.15, 0.2) is 0 Å². The van der Waals surface area contributed by atoms with E-state index in [-0.39, 0.29) is 11.9 Å². The van der Waals surface area contributed by atoms with E-state index in [2.05, 4.69) is 0 Å². The van der Waals surface area contributed by atoms with Crippen molar-refractivity contribution < 1.29 is 24.2 Å². The maximum absolute atomic E-state index is 12.4. The molecule has 1 aliphatic rings. The number of rotatable bonds is 6. The van der Waals surface area contributed by atoms with Crippen LogP contribution in [0.25, 0.3) is 0 Å². The summed E-state index contributed by atoms with van der Waals surface area (Å²) in [7, 11) is 3.17. The minimum Gasteiger partial charge on any atom is -0.497 e. The average Bonchev–Trinajstić information content (AvgIpc) is 2.94. The number of carbonyl (C=O) groups is 2. The number of aryl methyl sites for hydroxylation is 1. The van der Waals surface area contributed by atoms with Crippen LogP contribution in [-0.4, -0.2) is 48.7 Å². The Morgan fingerprint density at radius 3 is 2.30 bits per heavy atom. The largest absolute Gasteiger partial charge is 0.497 e. The molecule has 6 heteroatoms. The maximum Gasteiger partial charge on any atom is 0.308 e. The van der Waals surface area contributed by atoms with E-state index >= 15 is 0 Å². The second kappa shape index (κ2) is 7.35. The summed E-state index contributed by atoms with van der Waals surface area (Å²) in [6.45, 7) is 2.32. The molecule has 0 radical (unpaired) electrons. The number of methoxy groups -OCH3 is 2. The fourth-order valence-corrected chi connectivity index (χ4v) is 3.03. The Kier molecular flexibility index (Phi) is 5.47. The minimum atomic E-state index is -0.828. The number of amides is 1. The van der Waals surface area contributed by atoms with E-state index < -0.39 is 11.9 Å². The van der Waals surface area contributed by atoms with E-state index in [1.165, 1.54) is 0 Å². The number of hydrogen-bond donors (Lipinski definition) is 1. The van der Waals surface area contributed by atoms with Crippen molar-refractivity contribution in [1.29, 1.82) is 0 Å². The molecule has 1 N–H and O–H groups in total. The highest BCUT2D eigenvalue weighted by Crippen LogP contribution is 2.26. The number of aliphatic carboxylic acids is 1.